The molecule has 0 saturated carbocycles. The number of benzene rings is 1. The topological polar surface area (TPSA) is 92.8 Å². The summed E-state index contributed by atoms with van der Waals surface area (Å²) in [6.45, 7) is 10.4. The molecule has 1 heterocycles. The number of likely N-dealkylation sites (tertiary alicyclic amines) is 1. The molecule has 7 nitrogen and oxygen atoms in total. The van der Waals surface area contributed by atoms with E-state index in [1.807, 2.05) is 36.9 Å². The van der Waals surface area contributed by atoms with Crippen molar-refractivity contribution in [1.29, 1.82) is 0 Å². The normalized spacial score (nSPS) is 14.7. The minimum Gasteiger partial charge on any atom is -0.460 e. The van der Waals surface area contributed by atoms with E-state index in [-0.39, 0.29) is 30.3 Å². The Bertz CT molecular complexity index is 755. The molecule has 1 aliphatic heterocycles. The van der Waals surface area contributed by atoms with Gasteiger partial charge in [-0.15, -0.1) is 0 Å². The molecule has 2 rings (SSSR count). The number of rotatable bonds is 10. The smallest absolute Gasteiger partial charge is 0.376 e. The number of amides is 2. The average molecular weight is 461 g/mol. The van der Waals surface area contributed by atoms with Crippen molar-refractivity contribution in [3.8, 4) is 0 Å². The van der Waals surface area contributed by atoms with Crippen LogP contribution in [0.5, 0.6) is 0 Å². The van der Waals surface area contributed by atoms with Crippen LogP contribution < -0.4 is 5.32 Å². The molecule has 184 valence electrons. The summed E-state index contributed by atoms with van der Waals surface area (Å²) in [5.41, 5.74) is 1.22. The maximum atomic E-state index is 12.7. The lowest BCUT2D eigenvalue weighted by Gasteiger charge is -2.32. The number of ketones is 1. The second kappa shape index (κ2) is 15.2. The second-order valence-electron chi connectivity index (χ2n) is 8.31. The minimum absolute atomic E-state index is 0.112. The fourth-order valence-electron chi connectivity index (χ4n) is 3.77. The number of ether oxygens (including phenoxy) is 1. The summed E-state index contributed by atoms with van der Waals surface area (Å²) in [5.74, 6) is -2.27. The Morgan fingerprint density at radius 2 is 1.67 bits per heavy atom. The molecule has 1 aliphatic rings. The van der Waals surface area contributed by atoms with Crippen LogP contribution in [0, 0.1) is 11.8 Å². The molecule has 7 heteroatoms. The summed E-state index contributed by atoms with van der Waals surface area (Å²) in [6, 6.07) is 9.20. The van der Waals surface area contributed by atoms with Crippen LogP contribution >= 0.6 is 0 Å². The second-order valence-corrected chi connectivity index (χ2v) is 8.31. The number of aryl methyl sites for hydroxylation is 1. The van der Waals surface area contributed by atoms with Crippen molar-refractivity contribution < 1.29 is 23.9 Å². The standard InChI is InChI=1S/C24H34N2O5.C2H6/c1-4-31-24(30)22(28)21(17(2)3)25-23(29)19-13-15-26(16-14-19)20(27)12-8-11-18-9-6-5-7-10-18;1-2/h5-7,9-10,17,19,21H,4,8,11-16H2,1-3H3,(H,25,29);1-2H3. The van der Waals surface area contributed by atoms with Crippen molar-refractivity contribution in [2.45, 2.75) is 72.8 Å². The third-order valence-corrected chi connectivity index (χ3v) is 5.64. The van der Waals surface area contributed by atoms with Crippen molar-refractivity contribution in [3.63, 3.8) is 0 Å². The monoisotopic (exact) mass is 460 g/mol. The molecule has 33 heavy (non-hydrogen) atoms. The van der Waals surface area contributed by atoms with Gasteiger partial charge in [-0.1, -0.05) is 58.0 Å². The average Bonchev–Trinajstić information content (AvgIpc) is 2.84. The quantitative estimate of drug-likeness (QED) is 0.426. The van der Waals surface area contributed by atoms with Crippen molar-refractivity contribution in [1.82, 2.24) is 10.2 Å². The molecule has 1 aromatic rings. The van der Waals surface area contributed by atoms with Gasteiger partial charge in [0.1, 0.15) is 6.04 Å². The molecule has 1 saturated heterocycles. The molecule has 0 aromatic heterocycles. The number of nitrogens with zero attached hydrogens (tertiary/aromatic N) is 1. The first-order valence-corrected chi connectivity index (χ1v) is 12.2. The molecule has 1 aromatic carbocycles. The molecule has 0 radical (unpaired) electrons. The molecule has 1 unspecified atom stereocenters. The largest absolute Gasteiger partial charge is 0.460 e. The van der Waals surface area contributed by atoms with Crippen LogP contribution in [0.1, 0.15) is 65.9 Å². The number of hydrogen-bond acceptors (Lipinski definition) is 5. The van der Waals surface area contributed by atoms with E-state index >= 15 is 0 Å². The maximum Gasteiger partial charge on any atom is 0.376 e. The van der Waals surface area contributed by atoms with E-state index in [1.165, 1.54) is 5.56 Å². The number of carbonyl (C=O) groups excluding carboxylic acids is 4. The van der Waals surface area contributed by atoms with Gasteiger partial charge in [-0.2, -0.15) is 0 Å². The predicted molar refractivity (Wildman–Crippen MR) is 128 cm³/mol. The maximum absolute atomic E-state index is 12.7. The zero-order valence-electron chi connectivity index (χ0n) is 20.8. The van der Waals surface area contributed by atoms with E-state index in [0.29, 0.717) is 32.4 Å². The van der Waals surface area contributed by atoms with E-state index in [9.17, 15) is 19.2 Å². The number of carbonyl (C=O) groups is 4. The third kappa shape index (κ3) is 9.36. The molecular weight excluding hydrogens is 420 g/mol. The van der Waals surface area contributed by atoms with E-state index in [4.69, 9.17) is 4.74 Å². The summed E-state index contributed by atoms with van der Waals surface area (Å²) in [4.78, 5) is 51.1. The van der Waals surface area contributed by atoms with Gasteiger partial charge in [0, 0.05) is 25.4 Å². The predicted octanol–water partition coefficient (Wildman–Crippen LogP) is 3.55. The number of hydrogen-bond donors (Lipinski definition) is 1. The summed E-state index contributed by atoms with van der Waals surface area (Å²) >= 11 is 0. The van der Waals surface area contributed by atoms with Crippen LogP contribution in [0.3, 0.4) is 0 Å². The fraction of sp³-hybridized carbons (Fsp3) is 0.615. The van der Waals surface area contributed by atoms with Gasteiger partial charge in [0.25, 0.3) is 5.78 Å². The Balaban J connectivity index is 0.00000265. The highest BCUT2D eigenvalue weighted by Gasteiger charge is 2.34. The van der Waals surface area contributed by atoms with Crippen LogP contribution in [-0.4, -0.2) is 54.2 Å². The number of piperidine rings is 1. The SMILES string of the molecule is CC.CCOC(=O)C(=O)C(NC(=O)C1CCN(C(=O)CCCc2ccccc2)CC1)C(C)C. The van der Waals surface area contributed by atoms with Crippen molar-refractivity contribution in [2.24, 2.45) is 11.8 Å². The molecular formula is C26H40N2O5. The highest BCUT2D eigenvalue weighted by atomic mass is 16.5. The van der Waals surface area contributed by atoms with E-state index in [2.05, 4.69) is 17.4 Å². The van der Waals surface area contributed by atoms with Gasteiger partial charge in [-0.05, 0) is 44.1 Å². The van der Waals surface area contributed by atoms with Crippen molar-refractivity contribution in [2.75, 3.05) is 19.7 Å². The zero-order valence-corrected chi connectivity index (χ0v) is 20.8. The zero-order chi connectivity index (χ0) is 24.8. The molecule has 0 aliphatic carbocycles. The van der Waals surface area contributed by atoms with Crippen molar-refractivity contribution in [3.05, 3.63) is 35.9 Å². The summed E-state index contributed by atoms with van der Waals surface area (Å²) in [5, 5.41) is 2.73. The molecule has 0 bridgehead atoms. The lowest BCUT2D eigenvalue weighted by molar-refractivity contribution is -0.155. The van der Waals surface area contributed by atoms with Crippen molar-refractivity contribution >= 4 is 23.6 Å². The summed E-state index contributed by atoms with van der Waals surface area (Å²) < 4.78 is 4.78. The minimum atomic E-state index is -0.919. The van der Waals surface area contributed by atoms with Gasteiger partial charge in [0.05, 0.1) is 6.61 Å². The van der Waals surface area contributed by atoms with Crippen LogP contribution in [0.25, 0.3) is 0 Å². The molecule has 1 N–H and O–H groups in total. The Hall–Kier alpha value is -2.70. The van der Waals surface area contributed by atoms with Crippen LogP contribution in [0.4, 0.5) is 0 Å². The Labute approximate surface area is 198 Å². The van der Waals surface area contributed by atoms with Gasteiger partial charge in [0.2, 0.25) is 11.8 Å². The Morgan fingerprint density at radius 3 is 2.21 bits per heavy atom. The fourth-order valence-corrected chi connectivity index (χ4v) is 3.77. The first kappa shape index (κ1) is 28.3. The number of esters is 1. The third-order valence-electron chi connectivity index (χ3n) is 5.64. The summed E-state index contributed by atoms with van der Waals surface area (Å²) in [6.07, 6.45) is 3.27. The van der Waals surface area contributed by atoms with Gasteiger partial charge >= 0.3 is 5.97 Å². The van der Waals surface area contributed by atoms with Crippen LogP contribution in [0.15, 0.2) is 30.3 Å². The first-order valence-electron chi connectivity index (χ1n) is 12.2. The van der Waals surface area contributed by atoms with E-state index < -0.39 is 17.8 Å². The van der Waals surface area contributed by atoms with Gasteiger partial charge in [-0.25, -0.2) is 4.79 Å². The van der Waals surface area contributed by atoms with Gasteiger partial charge < -0.3 is 15.0 Å². The number of Topliss-reactive ketones (excluding diaryl/α,β-unsaturated/α-hetero) is 1. The highest BCUT2D eigenvalue weighted by Crippen LogP contribution is 2.20. The highest BCUT2D eigenvalue weighted by molar-refractivity contribution is 6.36. The van der Waals surface area contributed by atoms with E-state index in [1.54, 1.807) is 20.8 Å². The lowest BCUT2D eigenvalue weighted by atomic mass is 9.93. The van der Waals surface area contributed by atoms with Gasteiger partial charge in [0.15, 0.2) is 0 Å². The van der Waals surface area contributed by atoms with Crippen LogP contribution in [0.2, 0.25) is 0 Å². The number of nitrogens with one attached hydrogen (secondary N) is 1. The van der Waals surface area contributed by atoms with E-state index in [0.717, 1.165) is 12.8 Å². The Morgan fingerprint density at radius 1 is 1.06 bits per heavy atom. The molecule has 1 fully saturated rings. The first-order chi connectivity index (χ1) is 15.8. The molecule has 2 amide bonds. The molecule has 1 atom stereocenters. The summed E-state index contributed by atoms with van der Waals surface area (Å²) in [7, 11) is 0. The molecule has 0 spiro atoms. The Kier molecular flexibility index (Phi) is 13.0. The lowest BCUT2D eigenvalue weighted by Crippen LogP contribution is -2.51. The van der Waals surface area contributed by atoms with Crippen LogP contribution in [-0.2, 0) is 30.3 Å². The van der Waals surface area contributed by atoms with Gasteiger partial charge in [-0.3, -0.25) is 14.4 Å².